The SMILES string of the molecule is O=S(=O)(Cc1ccc(F)cc1)Nc1ccc(Oc2ccc(-n3cccn3)nn2)cc1. The number of nitrogens with zero attached hydrogens (tertiary/aromatic N) is 4. The van der Waals surface area contributed by atoms with Crippen LogP contribution in [0.25, 0.3) is 5.82 Å². The van der Waals surface area contributed by atoms with Crippen molar-refractivity contribution in [3.8, 4) is 17.4 Å². The summed E-state index contributed by atoms with van der Waals surface area (Å²) in [6.07, 6.45) is 3.39. The standard InChI is InChI=1S/C20H16FN5O3S/c21-16-4-2-15(3-5-16)14-30(27,28)25-17-6-8-18(9-7-17)29-20-11-10-19(23-24-20)26-13-1-12-22-26/h1-13,25H,14H2. The summed E-state index contributed by atoms with van der Waals surface area (Å²) in [5, 5.41) is 12.1. The van der Waals surface area contributed by atoms with E-state index in [9.17, 15) is 12.8 Å². The smallest absolute Gasteiger partial charge is 0.238 e. The molecule has 0 unspecified atom stereocenters. The van der Waals surface area contributed by atoms with Crippen molar-refractivity contribution in [1.29, 1.82) is 0 Å². The lowest BCUT2D eigenvalue weighted by Crippen LogP contribution is -2.15. The van der Waals surface area contributed by atoms with Crippen molar-refractivity contribution in [2.75, 3.05) is 4.72 Å². The molecule has 0 aliphatic heterocycles. The molecular formula is C20H16FN5O3S. The first-order chi connectivity index (χ1) is 14.5. The summed E-state index contributed by atoms with van der Waals surface area (Å²) in [6, 6.07) is 16.8. The molecule has 152 valence electrons. The van der Waals surface area contributed by atoms with Gasteiger partial charge in [-0.05, 0) is 54.1 Å². The van der Waals surface area contributed by atoms with Crippen LogP contribution in [0.3, 0.4) is 0 Å². The number of anilines is 1. The fourth-order valence-corrected chi connectivity index (χ4v) is 3.82. The summed E-state index contributed by atoms with van der Waals surface area (Å²) in [7, 11) is -3.64. The van der Waals surface area contributed by atoms with Crippen LogP contribution in [0.5, 0.6) is 11.6 Å². The first kappa shape index (κ1) is 19.5. The van der Waals surface area contributed by atoms with Crippen molar-refractivity contribution in [3.63, 3.8) is 0 Å². The Labute approximate surface area is 172 Å². The predicted octanol–water partition coefficient (Wildman–Crippen LogP) is 3.54. The predicted molar refractivity (Wildman–Crippen MR) is 108 cm³/mol. The Hall–Kier alpha value is -3.79. The van der Waals surface area contributed by atoms with E-state index in [4.69, 9.17) is 4.74 Å². The highest BCUT2D eigenvalue weighted by atomic mass is 32.2. The second-order valence-electron chi connectivity index (χ2n) is 6.29. The summed E-state index contributed by atoms with van der Waals surface area (Å²) in [5.74, 6) is 0.635. The Balaban J connectivity index is 1.38. The average Bonchev–Trinajstić information content (AvgIpc) is 3.26. The highest BCUT2D eigenvalue weighted by Crippen LogP contribution is 2.22. The van der Waals surface area contributed by atoms with E-state index in [0.29, 0.717) is 22.8 Å². The van der Waals surface area contributed by atoms with Crippen LogP contribution in [-0.2, 0) is 15.8 Å². The monoisotopic (exact) mass is 425 g/mol. The van der Waals surface area contributed by atoms with Gasteiger partial charge in [0.05, 0.1) is 5.75 Å². The van der Waals surface area contributed by atoms with Gasteiger partial charge in [0.25, 0.3) is 0 Å². The minimum absolute atomic E-state index is 0.260. The lowest BCUT2D eigenvalue weighted by atomic mass is 10.2. The third-order valence-corrected chi connectivity index (χ3v) is 5.25. The number of hydrogen-bond acceptors (Lipinski definition) is 6. The number of ether oxygens (including phenoxy) is 1. The Morgan fingerprint density at radius 2 is 1.73 bits per heavy atom. The fourth-order valence-electron chi connectivity index (χ4n) is 2.62. The normalized spacial score (nSPS) is 11.2. The van der Waals surface area contributed by atoms with Crippen molar-refractivity contribution in [3.05, 3.63) is 90.5 Å². The van der Waals surface area contributed by atoms with Crippen LogP contribution in [0.2, 0.25) is 0 Å². The first-order valence-corrected chi connectivity index (χ1v) is 10.5. The number of hydrogen-bond donors (Lipinski definition) is 1. The Morgan fingerprint density at radius 1 is 0.967 bits per heavy atom. The van der Waals surface area contributed by atoms with E-state index >= 15 is 0 Å². The van der Waals surface area contributed by atoms with Gasteiger partial charge in [0.1, 0.15) is 11.6 Å². The van der Waals surface area contributed by atoms with Gasteiger partial charge < -0.3 is 4.74 Å². The summed E-state index contributed by atoms with van der Waals surface area (Å²) in [4.78, 5) is 0. The molecule has 2 heterocycles. The number of aromatic nitrogens is 4. The molecule has 0 radical (unpaired) electrons. The van der Waals surface area contributed by atoms with Gasteiger partial charge in [0.15, 0.2) is 5.82 Å². The lowest BCUT2D eigenvalue weighted by Gasteiger charge is -2.09. The van der Waals surface area contributed by atoms with E-state index in [0.717, 1.165) is 0 Å². The molecule has 0 saturated carbocycles. The largest absolute Gasteiger partial charge is 0.438 e. The maximum absolute atomic E-state index is 13.0. The molecule has 0 fully saturated rings. The van der Waals surface area contributed by atoms with Gasteiger partial charge in [-0.25, -0.2) is 17.5 Å². The molecule has 10 heteroatoms. The minimum atomic E-state index is -3.64. The van der Waals surface area contributed by atoms with E-state index < -0.39 is 15.8 Å². The fraction of sp³-hybridized carbons (Fsp3) is 0.0500. The first-order valence-electron chi connectivity index (χ1n) is 8.83. The van der Waals surface area contributed by atoms with Crippen molar-refractivity contribution >= 4 is 15.7 Å². The van der Waals surface area contributed by atoms with Crippen LogP contribution in [0.4, 0.5) is 10.1 Å². The molecule has 30 heavy (non-hydrogen) atoms. The van der Waals surface area contributed by atoms with Crippen molar-refractivity contribution < 1.29 is 17.5 Å². The van der Waals surface area contributed by atoms with Gasteiger partial charge in [-0.15, -0.1) is 10.2 Å². The number of benzene rings is 2. The zero-order valence-electron chi connectivity index (χ0n) is 15.5. The molecule has 0 atom stereocenters. The minimum Gasteiger partial charge on any atom is -0.438 e. The van der Waals surface area contributed by atoms with Gasteiger partial charge >= 0.3 is 0 Å². The quantitative estimate of drug-likeness (QED) is 0.486. The van der Waals surface area contributed by atoms with Crippen molar-refractivity contribution in [2.45, 2.75) is 5.75 Å². The van der Waals surface area contributed by atoms with Crippen molar-refractivity contribution in [2.24, 2.45) is 0 Å². The lowest BCUT2D eigenvalue weighted by molar-refractivity contribution is 0.454. The second kappa shape index (κ2) is 8.29. The summed E-state index contributed by atoms with van der Waals surface area (Å²) in [5.41, 5.74) is 0.866. The van der Waals surface area contributed by atoms with Crippen LogP contribution in [0.1, 0.15) is 5.56 Å². The molecule has 0 amide bonds. The Bertz CT molecular complexity index is 1210. The molecule has 0 saturated heterocycles. The molecule has 0 spiro atoms. The van der Waals surface area contributed by atoms with Crippen molar-refractivity contribution in [1.82, 2.24) is 20.0 Å². The van der Waals surface area contributed by atoms with E-state index in [2.05, 4.69) is 20.0 Å². The number of nitrogens with one attached hydrogen (secondary N) is 1. The van der Waals surface area contributed by atoms with Gasteiger partial charge in [-0.2, -0.15) is 5.10 Å². The molecule has 8 nitrogen and oxygen atoms in total. The highest BCUT2D eigenvalue weighted by molar-refractivity contribution is 7.91. The molecule has 2 aromatic carbocycles. The van der Waals surface area contributed by atoms with Gasteiger partial charge in [-0.1, -0.05) is 12.1 Å². The molecule has 0 aliphatic rings. The zero-order chi connectivity index (χ0) is 21.0. The van der Waals surface area contributed by atoms with Crippen LogP contribution in [0, 0.1) is 5.82 Å². The van der Waals surface area contributed by atoms with Crippen LogP contribution in [0.15, 0.2) is 79.1 Å². The van der Waals surface area contributed by atoms with Crippen LogP contribution >= 0.6 is 0 Å². The third kappa shape index (κ3) is 4.97. The molecular weight excluding hydrogens is 409 g/mol. The average molecular weight is 425 g/mol. The number of halogens is 1. The van der Waals surface area contributed by atoms with Gasteiger partial charge in [-0.3, -0.25) is 4.72 Å². The summed E-state index contributed by atoms with van der Waals surface area (Å²) < 4.78 is 47.2. The van der Waals surface area contributed by atoms with Crippen LogP contribution < -0.4 is 9.46 Å². The molecule has 0 aliphatic carbocycles. The number of rotatable bonds is 7. The summed E-state index contributed by atoms with van der Waals surface area (Å²) in [6.45, 7) is 0. The van der Waals surface area contributed by atoms with Gasteiger partial charge in [0.2, 0.25) is 15.9 Å². The summed E-state index contributed by atoms with van der Waals surface area (Å²) >= 11 is 0. The molecule has 2 aromatic heterocycles. The topological polar surface area (TPSA) is 99.0 Å². The molecule has 4 rings (SSSR count). The maximum Gasteiger partial charge on any atom is 0.238 e. The maximum atomic E-state index is 13.0. The van der Waals surface area contributed by atoms with Crippen LogP contribution in [-0.4, -0.2) is 28.4 Å². The second-order valence-corrected chi connectivity index (χ2v) is 8.02. The van der Waals surface area contributed by atoms with Gasteiger partial charge in [0, 0.05) is 24.1 Å². The Morgan fingerprint density at radius 3 is 2.37 bits per heavy atom. The zero-order valence-corrected chi connectivity index (χ0v) is 16.3. The van der Waals surface area contributed by atoms with E-state index in [1.54, 1.807) is 59.5 Å². The molecule has 4 aromatic rings. The Kier molecular flexibility index (Phi) is 5.40. The third-order valence-electron chi connectivity index (χ3n) is 3.99. The number of sulfonamides is 1. The van der Waals surface area contributed by atoms with E-state index in [-0.39, 0.29) is 11.6 Å². The van der Waals surface area contributed by atoms with E-state index in [1.807, 2.05) is 0 Å². The highest BCUT2D eigenvalue weighted by Gasteiger charge is 2.12. The van der Waals surface area contributed by atoms with E-state index in [1.165, 1.54) is 24.3 Å². The molecule has 0 bridgehead atoms. The molecule has 1 N–H and O–H groups in total.